The molecule has 0 atom stereocenters. The Bertz CT molecular complexity index is 329. The van der Waals surface area contributed by atoms with Gasteiger partial charge in [0.25, 0.3) is 0 Å². The molecule has 1 aromatic rings. The fourth-order valence-corrected chi connectivity index (χ4v) is 2.28. The summed E-state index contributed by atoms with van der Waals surface area (Å²) >= 11 is 0. The van der Waals surface area contributed by atoms with Crippen molar-refractivity contribution in [3.63, 3.8) is 0 Å². The predicted molar refractivity (Wildman–Crippen MR) is 63.2 cm³/mol. The Hall–Kier alpha value is -1.02. The Labute approximate surface area is 91.5 Å². The average Bonchev–Trinajstić information content (AvgIpc) is 2.30. The number of anilines is 1. The molecule has 1 heterocycles. The van der Waals surface area contributed by atoms with Gasteiger partial charge in [-0.2, -0.15) is 0 Å². The Kier molecular flexibility index (Phi) is 3.27. The van der Waals surface area contributed by atoms with Crippen molar-refractivity contribution in [3.05, 3.63) is 29.3 Å². The predicted octanol–water partition coefficient (Wildman–Crippen LogP) is 2.48. The van der Waals surface area contributed by atoms with E-state index < -0.39 is 0 Å². The van der Waals surface area contributed by atoms with Gasteiger partial charge in [0.05, 0.1) is 6.61 Å². The smallest absolute Gasteiger partial charge is 0.0702 e. The first-order valence-electron chi connectivity index (χ1n) is 5.76. The van der Waals surface area contributed by atoms with Crippen molar-refractivity contribution in [3.8, 4) is 0 Å². The van der Waals surface area contributed by atoms with Crippen LogP contribution in [0.25, 0.3) is 0 Å². The molecule has 0 radical (unpaired) electrons. The molecule has 1 aliphatic rings. The number of hydrogen-bond acceptors (Lipinski definition) is 2. The van der Waals surface area contributed by atoms with Crippen LogP contribution in [0.5, 0.6) is 0 Å². The maximum atomic E-state index is 9.35. The van der Waals surface area contributed by atoms with E-state index in [2.05, 4.69) is 30.0 Å². The van der Waals surface area contributed by atoms with Crippen molar-refractivity contribution in [2.24, 2.45) is 0 Å². The van der Waals surface area contributed by atoms with Crippen molar-refractivity contribution in [1.29, 1.82) is 0 Å². The van der Waals surface area contributed by atoms with E-state index in [1.54, 1.807) is 0 Å². The van der Waals surface area contributed by atoms with Crippen LogP contribution in [0.15, 0.2) is 18.2 Å². The van der Waals surface area contributed by atoms with Gasteiger partial charge in [-0.3, -0.25) is 0 Å². The van der Waals surface area contributed by atoms with Crippen LogP contribution in [-0.2, 0) is 6.61 Å². The SMILES string of the molecule is Cc1ccc(N2CCCCC2)c(CO)c1. The number of nitrogens with zero attached hydrogens (tertiary/aromatic N) is 1. The van der Waals surface area contributed by atoms with E-state index in [1.807, 2.05) is 0 Å². The summed E-state index contributed by atoms with van der Waals surface area (Å²) in [6.07, 6.45) is 3.90. The minimum absolute atomic E-state index is 0.146. The van der Waals surface area contributed by atoms with Crippen molar-refractivity contribution in [2.75, 3.05) is 18.0 Å². The molecule has 0 bridgehead atoms. The van der Waals surface area contributed by atoms with Crippen LogP contribution in [0, 0.1) is 6.92 Å². The fourth-order valence-electron chi connectivity index (χ4n) is 2.28. The first-order chi connectivity index (χ1) is 7.31. The largest absolute Gasteiger partial charge is 0.392 e. The topological polar surface area (TPSA) is 23.5 Å². The summed E-state index contributed by atoms with van der Waals surface area (Å²) in [6.45, 7) is 4.48. The maximum Gasteiger partial charge on any atom is 0.0702 e. The molecule has 1 aromatic carbocycles. The van der Waals surface area contributed by atoms with Gasteiger partial charge in [-0.05, 0) is 32.3 Å². The van der Waals surface area contributed by atoms with Gasteiger partial charge in [-0.15, -0.1) is 0 Å². The van der Waals surface area contributed by atoms with Crippen LogP contribution in [0.1, 0.15) is 30.4 Å². The molecule has 0 saturated carbocycles. The van der Waals surface area contributed by atoms with E-state index in [4.69, 9.17) is 0 Å². The molecular weight excluding hydrogens is 186 g/mol. The third-order valence-electron chi connectivity index (χ3n) is 3.10. The van der Waals surface area contributed by atoms with E-state index in [1.165, 1.54) is 30.5 Å². The Morgan fingerprint density at radius 3 is 2.60 bits per heavy atom. The molecule has 0 aliphatic carbocycles. The summed E-state index contributed by atoms with van der Waals surface area (Å²) in [5.41, 5.74) is 3.51. The quantitative estimate of drug-likeness (QED) is 0.801. The molecule has 1 saturated heterocycles. The number of hydrogen-bond donors (Lipinski definition) is 1. The molecule has 2 nitrogen and oxygen atoms in total. The number of piperidine rings is 1. The highest BCUT2D eigenvalue weighted by molar-refractivity contribution is 5.55. The Morgan fingerprint density at radius 2 is 1.93 bits per heavy atom. The first-order valence-corrected chi connectivity index (χ1v) is 5.76. The van der Waals surface area contributed by atoms with Gasteiger partial charge >= 0.3 is 0 Å². The number of aliphatic hydroxyl groups excluding tert-OH is 1. The molecule has 0 unspecified atom stereocenters. The van der Waals surface area contributed by atoms with Crippen molar-refractivity contribution < 1.29 is 5.11 Å². The molecule has 1 aliphatic heterocycles. The lowest BCUT2D eigenvalue weighted by Crippen LogP contribution is -2.30. The minimum atomic E-state index is 0.146. The zero-order valence-electron chi connectivity index (χ0n) is 9.37. The molecule has 0 amide bonds. The molecule has 15 heavy (non-hydrogen) atoms. The normalized spacial score (nSPS) is 16.8. The van der Waals surface area contributed by atoms with Gasteiger partial charge in [0, 0.05) is 24.3 Å². The third-order valence-corrected chi connectivity index (χ3v) is 3.10. The lowest BCUT2D eigenvalue weighted by molar-refractivity contribution is 0.282. The molecule has 1 N–H and O–H groups in total. The van der Waals surface area contributed by atoms with E-state index in [0.29, 0.717) is 0 Å². The lowest BCUT2D eigenvalue weighted by Gasteiger charge is -2.30. The van der Waals surface area contributed by atoms with E-state index in [-0.39, 0.29) is 6.61 Å². The van der Waals surface area contributed by atoms with Crippen molar-refractivity contribution >= 4 is 5.69 Å². The highest BCUT2D eigenvalue weighted by atomic mass is 16.3. The van der Waals surface area contributed by atoms with Gasteiger partial charge in [-0.1, -0.05) is 17.7 Å². The van der Waals surface area contributed by atoms with Gasteiger partial charge in [0.15, 0.2) is 0 Å². The molecule has 0 aromatic heterocycles. The zero-order chi connectivity index (χ0) is 10.7. The van der Waals surface area contributed by atoms with E-state index >= 15 is 0 Å². The second-order valence-electron chi connectivity index (χ2n) is 4.34. The van der Waals surface area contributed by atoms with Gasteiger partial charge in [-0.25, -0.2) is 0 Å². The molecule has 0 spiro atoms. The summed E-state index contributed by atoms with van der Waals surface area (Å²) in [7, 11) is 0. The lowest BCUT2D eigenvalue weighted by atomic mass is 10.1. The molecule has 2 heteroatoms. The molecule has 2 rings (SSSR count). The molecular formula is C13H19NO. The monoisotopic (exact) mass is 205 g/mol. The summed E-state index contributed by atoms with van der Waals surface area (Å²) in [5, 5.41) is 9.35. The zero-order valence-corrected chi connectivity index (χ0v) is 9.37. The second-order valence-corrected chi connectivity index (χ2v) is 4.34. The number of aryl methyl sites for hydroxylation is 1. The minimum Gasteiger partial charge on any atom is -0.392 e. The maximum absolute atomic E-state index is 9.35. The van der Waals surface area contributed by atoms with Crippen molar-refractivity contribution in [1.82, 2.24) is 0 Å². The second kappa shape index (κ2) is 4.67. The van der Waals surface area contributed by atoms with Crippen LogP contribution in [0.2, 0.25) is 0 Å². The van der Waals surface area contributed by atoms with Crippen LogP contribution in [0.4, 0.5) is 5.69 Å². The Morgan fingerprint density at radius 1 is 1.20 bits per heavy atom. The van der Waals surface area contributed by atoms with Crippen LogP contribution < -0.4 is 4.90 Å². The van der Waals surface area contributed by atoms with Gasteiger partial charge in [0.2, 0.25) is 0 Å². The number of rotatable bonds is 2. The van der Waals surface area contributed by atoms with Crippen LogP contribution in [-0.4, -0.2) is 18.2 Å². The highest BCUT2D eigenvalue weighted by Crippen LogP contribution is 2.25. The summed E-state index contributed by atoms with van der Waals surface area (Å²) in [4.78, 5) is 2.40. The standard InChI is InChI=1S/C13H19NO/c1-11-5-6-13(12(9-11)10-15)14-7-3-2-4-8-14/h5-6,9,15H,2-4,7-8,10H2,1H3. The van der Waals surface area contributed by atoms with E-state index in [9.17, 15) is 5.11 Å². The Balaban J connectivity index is 2.25. The van der Waals surface area contributed by atoms with Gasteiger partial charge in [0.1, 0.15) is 0 Å². The van der Waals surface area contributed by atoms with Crippen LogP contribution >= 0.6 is 0 Å². The fraction of sp³-hybridized carbons (Fsp3) is 0.538. The number of aliphatic hydroxyl groups is 1. The summed E-state index contributed by atoms with van der Waals surface area (Å²) < 4.78 is 0. The molecule has 1 fully saturated rings. The van der Waals surface area contributed by atoms with Gasteiger partial charge < -0.3 is 10.0 Å². The average molecular weight is 205 g/mol. The summed E-state index contributed by atoms with van der Waals surface area (Å²) in [5.74, 6) is 0. The molecule has 82 valence electrons. The summed E-state index contributed by atoms with van der Waals surface area (Å²) in [6, 6.07) is 6.36. The van der Waals surface area contributed by atoms with E-state index in [0.717, 1.165) is 18.7 Å². The third kappa shape index (κ3) is 2.32. The number of benzene rings is 1. The highest BCUT2D eigenvalue weighted by Gasteiger charge is 2.13. The van der Waals surface area contributed by atoms with Crippen molar-refractivity contribution in [2.45, 2.75) is 32.8 Å². The first kappa shape index (κ1) is 10.5. The van der Waals surface area contributed by atoms with Crippen LogP contribution in [0.3, 0.4) is 0 Å².